The molecule has 0 fully saturated rings. The third-order valence-electron chi connectivity index (χ3n) is 11.1. The van der Waals surface area contributed by atoms with Gasteiger partial charge in [0, 0.05) is 12.4 Å². The van der Waals surface area contributed by atoms with E-state index in [0.29, 0.717) is 69.0 Å². The molecule has 68 heavy (non-hydrogen) atoms. The maximum Gasteiger partial charge on any atom is 0.250 e. The van der Waals surface area contributed by atoms with E-state index < -0.39 is 11.8 Å². The molecule has 6 aromatic heterocycles. The average Bonchev–Trinajstić information content (AvgIpc) is 3.99. The topological polar surface area (TPSA) is 149 Å². The molecule has 6 heterocycles. The molecule has 2 unspecified atom stereocenters. The minimum absolute atomic E-state index is 0.0374. The first kappa shape index (κ1) is 43.5. The molecule has 0 aliphatic carbocycles. The molecule has 0 amide bonds. The summed E-state index contributed by atoms with van der Waals surface area (Å²) in [5.74, 6) is 0.306. The summed E-state index contributed by atoms with van der Waals surface area (Å²) in [7, 11) is 0. The molecule has 0 saturated heterocycles. The highest BCUT2D eigenvalue weighted by Gasteiger charge is 2.27. The average molecular weight is 934 g/mol. The number of imidazole rings is 2. The third-order valence-corrected chi connectivity index (χ3v) is 11.5. The van der Waals surface area contributed by atoms with Gasteiger partial charge in [-0.2, -0.15) is 9.97 Å². The number of aromatic nitrogens is 10. The quantitative estimate of drug-likeness (QED) is 0.0852. The zero-order valence-corrected chi connectivity index (χ0v) is 37.5. The van der Waals surface area contributed by atoms with E-state index in [9.17, 15) is 0 Å². The fraction of sp³-hybridized carbons (Fsp3) is 0.0755. The number of benzene rings is 4. The van der Waals surface area contributed by atoms with E-state index in [1.807, 2.05) is 155 Å². The van der Waals surface area contributed by atoms with Crippen LogP contribution in [0.25, 0.3) is 34.5 Å². The Morgan fingerprint density at radius 3 is 1.32 bits per heavy atom. The molecule has 4 aromatic carbocycles. The number of ketones is 1. The van der Waals surface area contributed by atoms with Crippen LogP contribution < -0.4 is 9.47 Å². The highest BCUT2D eigenvalue weighted by molar-refractivity contribution is 6.29. The lowest BCUT2D eigenvalue weighted by molar-refractivity contribution is -0.120. The van der Waals surface area contributed by atoms with Gasteiger partial charge < -0.3 is 18.6 Å². The van der Waals surface area contributed by atoms with Crippen molar-refractivity contribution in [3.05, 3.63) is 227 Å². The Morgan fingerprint density at radius 1 is 0.500 bits per heavy atom. The number of nitrogens with zero attached hydrogens (tertiary/aromatic N) is 10. The number of pyridine rings is 2. The number of carbonyl (C=O) groups is 1. The van der Waals surface area contributed by atoms with Crippen LogP contribution in [0.3, 0.4) is 0 Å². The summed E-state index contributed by atoms with van der Waals surface area (Å²) in [4.78, 5) is 50.5. The van der Waals surface area contributed by atoms with E-state index in [1.54, 1.807) is 37.2 Å². The largest absolute Gasteiger partial charge is 0.437 e. The molecule has 332 valence electrons. The van der Waals surface area contributed by atoms with Crippen molar-refractivity contribution in [2.75, 3.05) is 0 Å². The SMILES string of the molecule is O=C(C(/C=C/c1ccccc1)c1ccc(Oc2ncnc3c2ncn3Cc2ccc(Cl)nc2)cc1)C(/C=C/c1ccccc1)c1ccc(Oc2ncnc3c2ncn3Cc2ccc(Cl)nc2)cc1. The van der Waals surface area contributed by atoms with E-state index in [-0.39, 0.29) is 5.78 Å². The van der Waals surface area contributed by atoms with Crippen LogP contribution in [-0.4, -0.2) is 54.8 Å². The molecule has 13 nitrogen and oxygen atoms in total. The molecular weight excluding hydrogens is 896 g/mol. The molecule has 2 atom stereocenters. The van der Waals surface area contributed by atoms with E-state index in [0.717, 1.165) is 33.4 Å². The number of carbonyl (C=O) groups excluding carboxylic acids is 1. The Kier molecular flexibility index (Phi) is 12.8. The summed E-state index contributed by atoms with van der Waals surface area (Å²) in [5, 5.41) is 0.843. The third kappa shape index (κ3) is 10.0. The van der Waals surface area contributed by atoms with Crippen LogP contribution in [-0.2, 0) is 17.9 Å². The van der Waals surface area contributed by atoms with Crippen LogP contribution in [0.4, 0.5) is 0 Å². The lowest BCUT2D eigenvalue weighted by Gasteiger charge is -2.20. The van der Waals surface area contributed by atoms with E-state index in [1.165, 1.54) is 12.7 Å². The maximum atomic E-state index is 15.2. The summed E-state index contributed by atoms with van der Waals surface area (Å²) in [6.45, 7) is 0.976. The predicted molar refractivity (Wildman–Crippen MR) is 262 cm³/mol. The summed E-state index contributed by atoms with van der Waals surface area (Å²) >= 11 is 12.0. The number of halogens is 2. The lowest BCUT2D eigenvalue weighted by Crippen LogP contribution is -2.18. The van der Waals surface area contributed by atoms with Crippen LogP contribution in [0, 0.1) is 0 Å². The van der Waals surface area contributed by atoms with Gasteiger partial charge in [0.2, 0.25) is 0 Å². The highest BCUT2D eigenvalue weighted by Crippen LogP contribution is 2.34. The molecule has 10 rings (SSSR count). The number of fused-ring (bicyclic) bond motifs is 2. The molecule has 0 aliphatic rings. The second kappa shape index (κ2) is 20.0. The number of rotatable bonds is 16. The van der Waals surface area contributed by atoms with Gasteiger partial charge >= 0.3 is 0 Å². The summed E-state index contributed by atoms with van der Waals surface area (Å²) in [6.07, 6.45) is 17.6. The molecule has 0 spiro atoms. The van der Waals surface area contributed by atoms with Crippen LogP contribution in [0.5, 0.6) is 23.3 Å². The van der Waals surface area contributed by atoms with Crippen molar-refractivity contribution in [1.29, 1.82) is 0 Å². The normalized spacial score (nSPS) is 12.5. The molecule has 10 aromatic rings. The minimum Gasteiger partial charge on any atom is -0.437 e. The first-order valence-corrected chi connectivity index (χ1v) is 22.2. The van der Waals surface area contributed by atoms with E-state index >= 15 is 4.79 Å². The standard InChI is InChI=1S/C53H38Cl2N10O3/c54-45-25-13-37(27-56-45)29-64-33-62-47-50(64)58-31-60-52(47)67-41-19-15-39(16-20-41)43(23-11-35-7-3-1-4-8-35)49(66)44(24-12-36-9-5-2-6-10-36)40-17-21-42(22-18-40)68-53-48-51(59-32-61-53)65(34-63-48)30-38-14-26-46(55)57-28-38/h1-28,31-34,43-44H,29-30H2/b23-11+,24-12+. The summed E-state index contributed by atoms with van der Waals surface area (Å²) in [6, 6.07) is 42.1. The van der Waals surface area contributed by atoms with Gasteiger partial charge in [0.05, 0.1) is 37.6 Å². The predicted octanol–water partition coefficient (Wildman–Crippen LogP) is 11.6. The van der Waals surface area contributed by atoms with Crippen molar-refractivity contribution in [3.8, 4) is 23.3 Å². The summed E-state index contributed by atoms with van der Waals surface area (Å²) < 4.78 is 16.4. The van der Waals surface area contributed by atoms with Crippen molar-refractivity contribution in [1.82, 2.24) is 49.0 Å². The number of hydrogen-bond donors (Lipinski definition) is 0. The van der Waals surface area contributed by atoms with Gasteiger partial charge in [0.15, 0.2) is 28.1 Å². The lowest BCUT2D eigenvalue weighted by atomic mass is 9.82. The van der Waals surface area contributed by atoms with Crippen LogP contribution in [0.2, 0.25) is 10.3 Å². The Morgan fingerprint density at radius 2 is 0.926 bits per heavy atom. The Balaban J connectivity index is 0.927. The maximum absolute atomic E-state index is 15.2. The second-order valence-corrected chi connectivity index (χ2v) is 16.4. The monoisotopic (exact) mass is 932 g/mol. The van der Waals surface area contributed by atoms with E-state index in [2.05, 4.69) is 39.9 Å². The number of allylic oxidation sites excluding steroid dienone is 2. The van der Waals surface area contributed by atoms with Gasteiger partial charge in [-0.3, -0.25) is 4.79 Å². The zero-order chi connectivity index (χ0) is 46.2. The first-order valence-electron chi connectivity index (χ1n) is 21.5. The Labute approximate surface area is 400 Å². The van der Waals surface area contributed by atoms with Gasteiger partial charge in [-0.15, -0.1) is 0 Å². The fourth-order valence-electron chi connectivity index (χ4n) is 7.68. The van der Waals surface area contributed by atoms with Gasteiger partial charge in [-0.05, 0) is 69.8 Å². The molecule has 0 bridgehead atoms. The minimum atomic E-state index is -0.650. The number of Topliss-reactive ketones (excluding diaryl/α,β-unsaturated/α-hetero) is 1. The van der Waals surface area contributed by atoms with Crippen molar-refractivity contribution in [3.63, 3.8) is 0 Å². The smallest absolute Gasteiger partial charge is 0.250 e. The Bertz CT molecular complexity index is 3160. The van der Waals surface area contributed by atoms with Gasteiger partial charge in [-0.25, -0.2) is 29.9 Å². The van der Waals surface area contributed by atoms with Crippen LogP contribution in [0.1, 0.15) is 45.2 Å². The first-order chi connectivity index (χ1) is 33.4. The molecule has 0 radical (unpaired) electrons. The summed E-state index contributed by atoms with van der Waals surface area (Å²) in [5.41, 5.74) is 7.59. The van der Waals surface area contributed by atoms with Gasteiger partial charge in [0.25, 0.3) is 11.8 Å². The van der Waals surface area contributed by atoms with Crippen molar-refractivity contribution >= 4 is 63.5 Å². The highest BCUT2D eigenvalue weighted by atomic mass is 35.5. The molecule has 15 heteroatoms. The van der Waals surface area contributed by atoms with E-state index in [4.69, 9.17) is 32.7 Å². The van der Waals surface area contributed by atoms with Crippen molar-refractivity contribution < 1.29 is 14.3 Å². The van der Waals surface area contributed by atoms with Crippen molar-refractivity contribution in [2.45, 2.75) is 24.9 Å². The van der Waals surface area contributed by atoms with Crippen LogP contribution >= 0.6 is 23.2 Å². The molecule has 0 N–H and O–H groups in total. The molecule has 0 aliphatic heterocycles. The molecular formula is C53H38Cl2N10O3. The van der Waals surface area contributed by atoms with Crippen molar-refractivity contribution in [2.24, 2.45) is 0 Å². The second-order valence-electron chi connectivity index (χ2n) is 15.7. The van der Waals surface area contributed by atoms with Gasteiger partial charge in [0.1, 0.15) is 34.5 Å². The molecule has 0 saturated carbocycles. The Hall–Kier alpha value is -8.39. The van der Waals surface area contributed by atoms with Crippen LogP contribution in [0.15, 0.2) is 183 Å². The zero-order valence-electron chi connectivity index (χ0n) is 36.0. The fourth-order valence-corrected chi connectivity index (χ4v) is 7.90. The number of ether oxygens (including phenoxy) is 2. The number of hydrogen-bond acceptors (Lipinski definition) is 11. The van der Waals surface area contributed by atoms with Gasteiger partial charge in [-0.1, -0.05) is 145 Å².